The Morgan fingerprint density at radius 1 is 1.53 bits per heavy atom. The molecule has 8 heteroatoms. The maximum Gasteiger partial charge on any atom is 0.303 e. The fourth-order valence-corrected chi connectivity index (χ4v) is 1.42. The minimum Gasteiger partial charge on any atom is -0.481 e. The van der Waals surface area contributed by atoms with Gasteiger partial charge in [0, 0.05) is 13.0 Å². The molecule has 17 heavy (non-hydrogen) atoms. The summed E-state index contributed by atoms with van der Waals surface area (Å²) in [5, 5.41) is 11.5. The molecule has 0 fully saturated rings. The summed E-state index contributed by atoms with van der Waals surface area (Å²) in [5.74, 6) is -0.151. The van der Waals surface area contributed by atoms with Crippen molar-refractivity contribution in [2.75, 3.05) is 17.6 Å². The molecule has 2 aromatic heterocycles. The number of aromatic amines is 1. The van der Waals surface area contributed by atoms with Crippen LogP contribution in [-0.4, -0.2) is 37.6 Å². The number of nitrogens with two attached hydrogens (primary N) is 1. The summed E-state index contributed by atoms with van der Waals surface area (Å²) in [6, 6.07) is 0. The van der Waals surface area contributed by atoms with E-state index in [0.29, 0.717) is 29.9 Å². The lowest BCUT2D eigenvalue weighted by atomic mass is 10.3. The van der Waals surface area contributed by atoms with E-state index in [0.717, 1.165) is 0 Å². The minimum atomic E-state index is -0.819. The molecular formula is C9H12N6O2. The maximum atomic E-state index is 10.3. The normalized spacial score (nSPS) is 10.6. The highest BCUT2D eigenvalue weighted by atomic mass is 16.4. The van der Waals surface area contributed by atoms with E-state index in [1.54, 1.807) is 0 Å². The van der Waals surface area contributed by atoms with Crippen molar-refractivity contribution in [3.05, 3.63) is 6.33 Å². The lowest BCUT2D eigenvalue weighted by Gasteiger charge is -2.05. The Balaban J connectivity index is 2.07. The van der Waals surface area contributed by atoms with Gasteiger partial charge in [-0.1, -0.05) is 0 Å². The first-order chi connectivity index (χ1) is 8.16. The first-order valence-electron chi connectivity index (χ1n) is 5.09. The number of carboxylic acid groups (broad SMARTS) is 1. The number of hydrogen-bond acceptors (Lipinski definition) is 6. The van der Waals surface area contributed by atoms with E-state index in [-0.39, 0.29) is 12.4 Å². The van der Waals surface area contributed by atoms with Crippen LogP contribution in [0.2, 0.25) is 0 Å². The number of hydrogen-bond donors (Lipinski definition) is 4. The van der Waals surface area contributed by atoms with Gasteiger partial charge in [-0.3, -0.25) is 4.79 Å². The van der Waals surface area contributed by atoms with Crippen LogP contribution in [0, 0.1) is 0 Å². The van der Waals surface area contributed by atoms with Crippen molar-refractivity contribution in [3.8, 4) is 0 Å². The van der Waals surface area contributed by atoms with E-state index in [9.17, 15) is 4.79 Å². The zero-order valence-corrected chi connectivity index (χ0v) is 8.97. The van der Waals surface area contributed by atoms with Crippen LogP contribution in [0.5, 0.6) is 0 Å². The van der Waals surface area contributed by atoms with Gasteiger partial charge in [-0.25, -0.2) is 4.98 Å². The number of nitrogens with one attached hydrogen (secondary N) is 2. The summed E-state index contributed by atoms with van der Waals surface area (Å²) in [5.41, 5.74) is 6.67. The predicted octanol–water partition coefficient (Wildman–Crippen LogP) is 0.212. The average Bonchev–Trinajstić information content (AvgIpc) is 2.71. The van der Waals surface area contributed by atoms with Gasteiger partial charge in [-0.05, 0) is 6.42 Å². The third-order valence-electron chi connectivity index (χ3n) is 2.16. The van der Waals surface area contributed by atoms with Crippen molar-refractivity contribution in [2.45, 2.75) is 12.8 Å². The molecule has 0 radical (unpaired) electrons. The largest absolute Gasteiger partial charge is 0.481 e. The quantitative estimate of drug-likeness (QED) is 0.546. The number of fused-ring (bicyclic) bond motifs is 1. The van der Waals surface area contributed by atoms with Gasteiger partial charge in [-0.15, -0.1) is 0 Å². The first-order valence-corrected chi connectivity index (χ1v) is 5.09. The SMILES string of the molecule is Nc1nc(NCCCC(=O)O)c2[nH]cnc2n1. The molecule has 0 aliphatic heterocycles. The van der Waals surface area contributed by atoms with Crippen molar-refractivity contribution in [1.29, 1.82) is 0 Å². The monoisotopic (exact) mass is 236 g/mol. The average molecular weight is 236 g/mol. The van der Waals surface area contributed by atoms with Crippen molar-refractivity contribution < 1.29 is 9.90 Å². The third-order valence-corrected chi connectivity index (χ3v) is 2.16. The lowest BCUT2D eigenvalue weighted by molar-refractivity contribution is -0.137. The molecule has 2 heterocycles. The molecule has 0 atom stereocenters. The van der Waals surface area contributed by atoms with Gasteiger partial charge in [0.1, 0.15) is 5.52 Å². The molecule has 0 aliphatic carbocycles. The molecule has 0 saturated heterocycles. The zero-order chi connectivity index (χ0) is 12.3. The Morgan fingerprint density at radius 3 is 3.12 bits per heavy atom. The molecule has 0 spiro atoms. The van der Waals surface area contributed by atoms with Gasteiger partial charge in [-0.2, -0.15) is 9.97 Å². The fraction of sp³-hybridized carbons (Fsp3) is 0.333. The van der Waals surface area contributed by atoms with Gasteiger partial charge >= 0.3 is 5.97 Å². The van der Waals surface area contributed by atoms with Crippen molar-refractivity contribution in [1.82, 2.24) is 19.9 Å². The van der Waals surface area contributed by atoms with Gasteiger partial charge < -0.3 is 21.1 Å². The highest BCUT2D eigenvalue weighted by molar-refractivity contribution is 5.83. The number of aromatic nitrogens is 4. The highest BCUT2D eigenvalue weighted by Crippen LogP contribution is 2.16. The number of anilines is 2. The second-order valence-electron chi connectivity index (χ2n) is 3.46. The lowest BCUT2D eigenvalue weighted by Crippen LogP contribution is -2.08. The molecule has 2 aromatic rings. The molecule has 5 N–H and O–H groups in total. The van der Waals surface area contributed by atoms with E-state index in [1.807, 2.05) is 0 Å². The van der Waals surface area contributed by atoms with Crippen LogP contribution >= 0.6 is 0 Å². The molecule has 0 aromatic carbocycles. The van der Waals surface area contributed by atoms with Crippen LogP contribution in [0.1, 0.15) is 12.8 Å². The Hall–Kier alpha value is -2.38. The van der Waals surface area contributed by atoms with Gasteiger partial charge in [0.05, 0.1) is 6.33 Å². The van der Waals surface area contributed by atoms with Crippen LogP contribution in [0.4, 0.5) is 11.8 Å². The molecule has 0 unspecified atom stereocenters. The standard InChI is InChI=1S/C9H12N6O2/c10-9-14-7(11-3-1-2-5(16)17)6-8(15-9)13-4-12-6/h4H,1-3H2,(H,16,17)(H4,10,11,12,13,14,15). The maximum absolute atomic E-state index is 10.3. The summed E-state index contributed by atoms with van der Waals surface area (Å²) in [7, 11) is 0. The summed E-state index contributed by atoms with van der Waals surface area (Å²) >= 11 is 0. The molecule has 0 aliphatic rings. The molecule has 90 valence electrons. The summed E-state index contributed by atoms with van der Waals surface area (Å²) in [6.45, 7) is 0.497. The fourth-order valence-electron chi connectivity index (χ4n) is 1.42. The van der Waals surface area contributed by atoms with Crippen LogP contribution in [-0.2, 0) is 4.79 Å². The summed E-state index contributed by atoms with van der Waals surface area (Å²) in [4.78, 5) is 25.2. The number of carboxylic acids is 1. The van der Waals surface area contributed by atoms with E-state index in [2.05, 4.69) is 25.3 Å². The second-order valence-corrected chi connectivity index (χ2v) is 3.46. The van der Waals surface area contributed by atoms with E-state index >= 15 is 0 Å². The van der Waals surface area contributed by atoms with Crippen LogP contribution < -0.4 is 11.1 Å². The molecule has 2 rings (SSSR count). The van der Waals surface area contributed by atoms with Crippen LogP contribution in [0.3, 0.4) is 0 Å². The van der Waals surface area contributed by atoms with Gasteiger partial charge in [0.25, 0.3) is 0 Å². The Kier molecular flexibility index (Phi) is 3.03. The number of carbonyl (C=O) groups is 1. The number of aliphatic carboxylic acids is 1. The van der Waals surface area contributed by atoms with Crippen LogP contribution in [0.15, 0.2) is 6.33 Å². The predicted molar refractivity (Wildman–Crippen MR) is 61.5 cm³/mol. The Bertz CT molecular complexity index is 537. The van der Waals surface area contributed by atoms with E-state index in [4.69, 9.17) is 10.8 Å². The number of imidazole rings is 1. The van der Waals surface area contributed by atoms with Crippen molar-refractivity contribution in [3.63, 3.8) is 0 Å². The Morgan fingerprint density at radius 2 is 2.35 bits per heavy atom. The van der Waals surface area contributed by atoms with Gasteiger partial charge in [0.2, 0.25) is 5.95 Å². The molecule has 0 bridgehead atoms. The van der Waals surface area contributed by atoms with Crippen molar-refractivity contribution in [2.24, 2.45) is 0 Å². The summed E-state index contributed by atoms with van der Waals surface area (Å²) < 4.78 is 0. The minimum absolute atomic E-state index is 0.111. The second kappa shape index (κ2) is 4.64. The zero-order valence-electron chi connectivity index (χ0n) is 8.97. The summed E-state index contributed by atoms with van der Waals surface area (Å²) in [6.07, 6.45) is 2.12. The number of H-pyrrole nitrogens is 1. The molecule has 8 nitrogen and oxygen atoms in total. The Labute approximate surface area is 96.3 Å². The molecule has 0 amide bonds. The molecule has 0 saturated carbocycles. The topological polar surface area (TPSA) is 130 Å². The van der Waals surface area contributed by atoms with Crippen LogP contribution in [0.25, 0.3) is 11.2 Å². The third kappa shape index (κ3) is 2.60. The van der Waals surface area contributed by atoms with Crippen molar-refractivity contribution >= 4 is 28.9 Å². The molecular weight excluding hydrogens is 224 g/mol. The van der Waals surface area contributed by atoms with E-state index in [1.165, 1.54) is 6.33 Å². The number of nitrogen functional groups attached to an aromatic ring is 1. The first kappa shape index (κ1) is 11.1. The van der Waals surface area contributed by atoms with Gasteiger partial charge in [0.15, 0.2) is 11.5 Å². The smallest absolute Gasteiger partial charge is 0.303 e. The highest BCUT2D eigenvalue weighted by Gasteiger charge is 2.07. The number of rotatable bonds is 5. The number of nitrogens with zero attached hydrogens (tertiary/aromatic N) is 3. The van der Waals surface area contributed by atoms with E-state index < -0.39 is 5.97 Å².